The quantitative estimate of drug-likeness (QED) is 0.729. The molecule has 0 saturated heterocycles. The minimum absolute atomic E-state index is 0.183. The Bertz CT molecular complexity index is 819. The molecule has 0 saturated carbocycles. The maximum atomic E-state index is 12.5. The number of nitrogens with zero attached hydrogens (tertiary/aromatic N) is 3. The lowest BCUT2D eigenvalue weighted by Crippen LogP contribution is -2.33. The molecule has 0 aliphatic carbocycles. The molecule has 0 bridgehead atoms. The fourth-order valence-corrected chi connectivity index (χ4v) is 2.86. The number of hydrogen-bond acceptors (Lipinski definition) is 3. The topological polar surface area (TPSA) is 71.8 Å². The molecule has 1 heterocycles. The van der Waals surface area contributed by atoms with Crippen LogP contribution >= 0.6 is 0 Å². The van der Waals surface area contributed by atoms with Crippen LogP contribution in [0, 0.1) is 6.92 Å². The molecule has 26 heavy (non-hydrogen) atoms. The molecule has 0 atom stereocenters. The summed E-state index contributed by atoms with van der Waals surface area (Å²) < 4.78 is 1.78. The van der Waals surface area contributed by atoms with Crippen molar-refractivity contribution in [2.24, 2.45) is 0 Å². The van der Waals surface area contributed by atoms with Crippen molar-refractivity contribution >= 4 is 12.0 Å². The SMILES string of the molecule is Cc1nc(NC(=O)NC(c2ccccc2)c2ccccc2)nn1C(C)C. The number of benzene rings is 2. The first-order chi connectivity index (χ1) is 12.5. The first kappa shape index (κ1) is 17.7. The second-order valence-corrected chi connectivity index (χ2v) is 6.37. The van der Waals surface area contributed by atoms with Gasteiger partial charge in [0, 0.05) is 6.04 Å². The van der Waals surface area contributed by atoms with Gasteiger partial charge in [0.2, 0.25) is 5.95 Å². The van der Waals surface area contributed by atoms with E-state index in [9.17, 15) is 4.79 Å². The smallest absolute Gasteiger partial charge is 0.322 e. The molecule has 2 N–H and O–H groups in total. The Labute approximate surface area is 153 Å². The molecule has 6 heteroatoms. The van der Waals surface area contributed by atoms with Gasteiger partial charge in [0.25, 0.3) is 0 Å². The Balaban J connectivity index is 1.79. The largest absolute Gasteiger partial charge is 0.327 e. The fraction of sp³-hybridized carbons (Fsp3) is 0.250. The van der Waals surface area contributed by atoms with Gasteiger partial charge in [-0.05, 0) is 31.9 Å². The molecule has 3 rings (SSSR count). The normalized spacial score (nSPS) is 11.0. The highest BCUT2D eigenvalue weighted by Crippen LogP contribution is 2.21. The van der Waals surface area contributed by atoms with Crippen molar-refractivity contribution in [3.8, 4) is 0 Å². The van der Waals surface area contributed by atoms with Crippen LogP contribution in [0.3, 0.4) is 0 Å². The molecule has 0 spiro atoms. The third kappa shape index (κ3) is 4.08. The van der Waals surface area contributed by atoms with Crippen LogP contribution in [0.2, 0.25) is 0 Å². The van der Waals surface area contributed by atoms with Crippen molar-refractivity contribution in [1.82, 2.24) is 20.1 Å². The van der Waals surface area contributed by atoms with E-state index in [4.69, 9.17) is 0 Å². The van der Waals surface area contributed by atoms with E-state index in [1.54, 1.807) is 4.68 Å². The molecule has 0 unspecified atom stereocenters. The van der Waals surface area contributed by atoms with Gasteiger partial charge in [0.05, 0.1) is 6.04 Å². The van der Waals surface area contributed by atoms with Gasteiger partial charge in [-0.2, -0.15) is 4.98 Å². The number of carbonyl (C=O) groups is 1. The number of carbonyl (C=O) groups excluding carboxylic acids is 1. The Morgan fingerprint density at radius 1 is 0.962 bits per heavy atom. The summed E-state index contributed by atoms with van der Waals surface area (Å²) in [6, 6.07) is 19.3. The number of rotatable bonds is 5. The van der Waals surface area contributed by atoms with E-state index in [0.29, 0.717) is 5.95 Å². The van der Waals surface area contributed by atoms with Crippen LogP contribution in [0.1, 0.15) is 42.9 Å². The highest BCUT2D eigenvalue weighted by molar-refractivity contribution is 5.87. The van der Waals surface area contributed by atoms with E-state index in [0.717, 1.165) is 17.0 Å². The van der Waals surface area contributed by atoms with Crippen molar-refractivity contribution in [2.45, 2.75) is 32.9 Å². The average Bonchev–Trinajstić information content (AvgIpc) is 3.01. The first-order valence-corrected chi connectivity index (χ1v) is 8.65. The minimum atomic E-state index is -0.344. The predicted molar refractivity (Wildman–Crippen MR) is 102 cm³/mol. The molecular weight excluding hydrogens is 326 g/mol. The van der Waals surface area contributed by atoms with Crippen LogP contribution in [0.15, 0.2) is 60.7 Å². The van der Waals surface area contributed by atoms with Crippen LogP contribution < -0.4 is 10.6 Å². The number of aromatic nitrogens is 3. The Kier molecular flexibility index (Phi) is 5.31. The van der Waals surface area contributed by atoms with Crippen LogP contribution in [0.25, 0.3) is 0 Å². The minimum Gasteiger partial charge on any atom is -0.327 e. The second kappa shape index (κ2) is 7.82. The fourth-order valence-electron chi connectivity index (χ4n) is 2.86. The van der Waals surface area contributed by atoms with E-state index in [1.807, 2.05) is 81.4 Å². The van der Waals surface area contributed by atoms with Gasteiger partial charge >= 0.3 is 6.03 Å². The Hall–Kier alpha value is -3.15. The van der Waals surface area contributed by atoms with Gasteiger partial charge in [-0.25, -0.2) is 9.48 Å². The van der Waals surface area contributed by atoms with E-state index >= 15 is 0 Å². The van der Waals surface area contributed by atoms with Crippen LogP contribution in [-0.4, -0.2) is 20.8 Å². The highest BCUT2D eigenvalue weighted by Gasteiger charge is 2.18. The number of hydrogen-bond donors (Lipinski definition) is 2. The van der Waals surface area contributed by atoms with Gasteiger partial charge in [-0.3, -0.25) is 5.32 Å². The maximum absolute atomic E-state index is 12.5. The van der Waals surface area contributed by atoms with E-state index in [2.05, 4.69) is 20.7 Å². The lowest BCUT2D eigenvalue weighted by molar-refractivity contribution is 0.250. The highest BCUT2D eigenvalue weighted by atomic mass is 16.2. The number of amides is 2. The summed E-state index contributed by atoms with van der Waals surface area (Å²) >= 11 is 0. The average molecular weight is 349 g/mol. The number of aryl methyl sites for hydroxylation is 1. The number of anilines is 1. The zero-order valence-corrected chi connectivity index (χ0v) is 15.2. The molecule has 0 aliphatic heterocycles. The molecule has 3 aromatic rings. The molecule has 0 radical (unpaired) electrons. The zero-order chi connectivity index (χ0) is 18.5. The third-order valence-corrected chi connectivity index (χ3v) is 4.06. The van der Waals surface area contributed by atoms with Crippen molar-refractivity contribution in [2.75, 3.05) is 5.32 Å². The van der Waals surface area contributed by atoms with Crippen LogP contribution in [0.5, 0.6) is 0 Å². The van der Waals surface area contributed by atoms with Crippen molar-refractivity contribution < 1.29 is 4.79 Å². The van der Waals surface area contributed by atoms with E-state index < -0.39 is 0 Å². The van der Waals surface area contributed by atoms with Gasteiger partial charge in [0.1, 0.15) is 5.82 Å². The molecule has 2 amide bonds. The molecule has 2 aromatic carbocycles. The summed E-state index contributed by atoms with van der Waals surface area (Å²) in [6.45, 7) is 5.91. The molecule has 0 aliphatic rings. The van der Waals surface area contributed by atoms with Crippen LogP contribution in [0.4, 0.5) is 10.7 Å². The lowest BCUT2D eigenvalue weighted by atomic mass is 9.99. The molecule has 1 aromatic heterocycles. The monoisotopic (exact) mass is 349 g/mol. The van der Waals surface area contributed by atoms with Gasteiger partial charge in [-0.15, -0.1) is 5.10 Å². The Morgan fingerprint density at radius 2 is 1.50 bits per heavy atom. The van der Waals surface area contributed by atoms with Crippen LogP contribution in [-0.2, 0) is 0 Å². The molecule has 134 valence electrons. The molecule has 0 fully saturated rings. The third-order valence-electron chi connectivity index (χ3n) is 4.06. The summed E-state index contributed by atoms with van der Waals surface area (Å²) in [5.41, 5.74) is 2.01. The van der Waals surface area contributed by atoms with E-state index in [1.165, 1.54) is 0 Å². The van der Waals surface area contributed by atoms with E-state index in [-0.39, 0.29) is 18.1 Å². The van der Waals surface area contributed by atoms with Gasteiger partial charge < -0.3 is 5.32 Å². The standard InChI is InChI=1S/C20H23N5O/c1-14(2)25-15(3)21-19(24-25)23-20(26)22-18(16-10-6-4-7-11-16)17-12-8-5-9-13-17/h4-14,18H,1-3H3,(H2,22,23,24,26). The second-order valence-electron chi connectivity index (χ2n) is 6.37. The summed E-state index contributed by atoms with van der Waals surface area (Å²) in [6.07, 6.45) is 0. The Morgan fingerprint density at radius 3 is 1.96 bits per heavy atom. The summed E-state index contributed by atoms with van der Waals surface area (Å²) in [5.74, 6) is 1.06. The summed E-state index contributed by atoms with van der Waals surface area (Å²) in [7, 11) is 0. The predicted octanol–water partition coefficient (Wildman–Crippen LogP) is 4.08. The molecular formula is C20H23N5O. The first-order valence-electron chi connectivity index (χ1n) is 8.65. The van der Waals surface area contributed by atoms with Gasteiger partial charge in [0.15, 0.2) is 0 Å². The maximum Gasteiger partial charge on any atom is 0.322 e. The zero-order valence-electron chi connectivity index (χ0n) is 15.2. The summed E-state index contributed by atoms with van der Waals surface area (Å²) in [5, 5.41) is 10.1. The lowest BCUT2D eigenvalue weighted by Gasteiger charge is -2.19. The van der Waals surface area contributed by atoms with Gasteiger partial charge in [-0.1, -0.05) is 60.7 Å². The summed E-state index contributed by atoms with van der Waals surface area (Å²) in [4.78, 5) is 16.9. The van der Waals surface area contributed by atoms with Crippen molar-refractivity contribution in [3.05, 3.63) is 77.6 Å². The van der Waals surface area contributed by atoms with Crippen molar-refractivity contribution in [1.29, 1.82) is 0 Å². The number of urea groups is 1. The molecule has 6 nitrogen and oxygen atoms in total. The number of nitrogens with one attached hydrogen (secondary N) is 2. The van der Waals surface area contributed by atoms with Crippen molar-refractivity contribution in [3.63, 3.8) is 0 Å².